The number of benzene rings is 1. The third kappa shape index (κ3) is 4.21. The molecule has 0 saturated carbocycles. The van der Waals surface area contributed by atoms with E-state index in [4.69, 9.17) is 0 Å². The van der Waals surface area contributed by atoms with Crippen LogP contribution in [0, 0.1) is 0 Å². The second kappa shape index (κ2) is 7.25. The van der Waals surface area contributed by atoms with Crippen LogP contribution in [0.5, 0.6) is 0 Å². The van der Waals surface area contributed by atoms with Crippen molar-refractivity contribution in [1.82, 2.24) is 9.62 Å². The van der Waals surface area contributed by atoms with Gasteiger partial charge in [-0.15, -0.1) is 0 Å². The summed E-state index contributed by atoms with van der Waals surface area (Å²) in [6.45, 7) is 2.82. The van der Waals surface area contributed by atoms with Crippen molar-refractivity contribution in [1.29, 1.82) is 0 Å². The molecule has 0 aliphatic heterocycles. The molecule has 0 unspecified atom stereocenters. The highest BCUT2D eigenvalue weighted by atomic mass is 32.2. The van der Waals surface area contributed by atoms with Crippen LogP contribution in [0.2, 0.25) is 0 Å². The van der Waals surface area contributed by atoms with Crippen molar-refractivity contribution in [3.8, 4) is 0 Å². The van der Waals surface area contributed by atoms with Crippen LogP contribution in [0.1, 0.15) is 13.3 Å². The lowest BCUT2D eigenvalue weighted by Crippen LogP contribution is -2.26. The zero-order chi connectivity index (χ0) is 15.2. The zero-order valence-corrected chi connectivity index (χ0v) is 12.8. The Hall–Kier alpha value is -1.60. The summed E-state index contributed by atoms with van der Waals surface area (Å²) in [6, 6.07) is 6.66. The van der Waals surface area contributed by atoms with Crippen molar-refractivity contribution in [3.05, 3.63) is 24.3 Å². The number of anilines is 1. The third-order valence-electron chi connectivity index (χ3n) is 2.69. The van der Waals surface area contributed by atoms with Crippen molar-refractivity contribution in [2.24, 2.45) is 0 Å². The Balaban J connectivity index is 2.80. The number of nitrogens with zero attached hydrogens (tertiary/aromatic N) is 1. The van der Waals surface area contributed by atoms with Gasteiger partial charge in [0.2, 0.25) is 15.9 Å². The van der Waals surface area contributed by atoms with Crippen LogP contribution < -0.4 is 10.6 Å². The highest BCUT2D eigenvalue weighted by Gasteiger charge is 2.20. The lowest BCUT2D eigenvalue weighted by atomic mass is 10.3. The predicted molar refractivity (Wildman–Crippen MR) is 79.1 cm³/mol. The molecule has 0 aliphatic carbocycles. The van der Waals surface area contributed by atoms with Crippen LogP contribution >= 0.6 is 0 Å². The van der Waals surface area contributed by atoms with E-state index in [9.17, 15) is 13.2 Å². The second-order valence-corrected chi connectivity index (χ2v) is 6.53. The van der Waals surface area contributed by atoms with E-state index in [2.05, 4.69) is 10.6 Å². The molecule has 0 saturated heterocycles. The number of hydrogen-bond donors (Lipinski definition) is 2. The summed E-state index contributed by atoms with van der Waals surface area (Å²) in [5, 5.41) is 5.69. The Kier molecular flexibility index (Phi) is 5.97. The minimum Gasteiger partial charge on any atom is -0.383 e. The fraction of sp³-hybridized carbons (Fsp3) is 0.462. The van der Waals surface area contributed by atoms with Crippen molar-refractivity contribution in [2.45, 2.75) is 18.2 Å². The van der Waals surface area contributed by atoms with E-state index in [0.717, 1.165) is 4.31 Å². The van der Waals surface area contributed by atoms with Crippen molar-refractivity contribution in [3.63, 3.8) is 0 Å². The summed E-state index contributed by atoms with van der Waals surface area (Å²) in [6.07, 6.45) is 0.296. The van der Waals surface area contributed by atoms with E-state index in [1.165, 1.54) is 14.1 Å². The molecule has 7 heteroatoms. The van der Waals surface area contributed by atoms with Crippen LogP contribution in [0.15, 0.2) is 29.2 Å². The maximum Gasteiger partial charge on any atom is 0.244 e. The zero-order valence-electron chi connectivity index (χ0n) is 12.0. The SMILES string of the molecule is CCNC(=O)CCNc1ccccc1S(=O)(=O)N(C)C. The van der Waals surface area contributed by atoms with Crippen LogP contribution in [-0.2, 0) is 14.8 Å². The Morgan fingerprint density at radius 2 is 1.90 bits per heavy atom. The number of rotatable bonds is 7. The summed E-state index contributed by atoms with van der Waals surface area (Å²) in [5.41, 5.74) is 0.505. The van der Waals surface area contributed by atoms with Crippen molar-refractivity contribution >= 4 is 21.6 Å². The van der Waals surface area contributed by atoms with Gasteiger partial charge in [0.25, 0.3) is 0 Å². The summed E-state index contributed by atoms with van der Waals surface area (Å²) in [7, 11) is -0.524. The van der Waals surface area contributed by atoms with E-state index < -0.39 is 10.0 Å². The molecule has 0 radical (unpaired) electrons. The molecule has 0 aromatic heterocycles. The first-order chi connectivity index (χ1) is 9.39. The molecule has 0 atom stereocenters. The third-order valence-corrected chi connectivity index (χ3v) is 4.56. The van der Waals surface area contributed by atoms with E-state index in [-0.39, 0.29) is 10.8 Å². The van der Waals surface area contributed by atoms with Gasteiger partial charge in [-0.25, -0.2) is 12.7 Å². The molecular formula is C13H21N3O3S. The summed E-state index contributed by atoms with van der Waals surface area (Å²) in [5.74, 6) is -0.0621. The quantitative estimate of drug-likeness (QED) is 0.783. The number of carbonyl (C=O) groups is 1. The van der Waals surface area contributed by atoms with Gasteiger partial charge in [-0.3, -0.25) is 4.79 Å². The van der Waals surface area contributed by atoms with E-state index in [1.54, 1.807) is 24.3 Å². The molecule has 1 aromatic rings. The number of amides is 1. The van der Waals surface area contributed by atoms with Crippen LogP contribution in [-0.4, -0.2) is 45.8 Å². The standard InChI is InChI=1S/C13H21N3O3S/c1-4-14-13(17)9-10-15-11-7-5-6-8-12(11)20(18,19)16(2)3/h5-8,15H,4,9-10H2,1-3H3,(H,14,17). The topological polar surface area (TPSA) is 78.5 Å². The van der Waals surface area contributed by atoms with Crippen molar-refractivity contribution in [2.75, 3.05) is 32.5 Å². The number of hydrogen-bond acceptors (Lipinski definition) is 4. The molecule has 1 aromatic carbocycles. The normalized spacial score (nSPS) is 11.4. The first-order valence-electron chi connectivity index (χ1n) is 6.41. The number of carbonyl (C=O) groups excluding carboxylic acids is 1. The average molecular weight is 299 g/mol. The highest BCUT2D eigenvalue weighted by molar-refractivity contribution is 7.89. The monoisotopic (exact) mass is 299 g/mol. The van der Waals surface area contributed by atoms with Gasteiger partial charge < -0.3 is 10.6 Å². The first-order valence-corrected chi connectivity index (χ1v) is 7.85. The average Bonchev–Trinajstić information content (AvgIpc) is 2.39. The van der Waals surface area contributed by atoms with E-state index in [1.807, 2.05) is 6.92 Å². The van der Waals surface area contributed by atoms with Crippen molar-refractivity contribution < 1.29 is 13.2 Å². The molecule has 0 aliphatic rings. The Morgan fingerprint density at radius 1 is 1.25 bits per heavy atom. The number of para-hydroxylation sites is 1. The molecule has 2 N–H and O–H groups in total. The van der Waals surface area contributed by atoms with Crippen LogP contribution in [0.25, 0.3) is 0 Å². The van der Waals surface area contributed by atoms with Crippen LogP contribution in [0.4, 0.5) is 5.69 Å². The Morgan fingerprint density at radius 3 is 2.50 bits per heavy atom. The lowest BCUT2D eigenvalue weighted by molar-refractivity contribution is -0.120. The largest absolute Gasteiger partial charge is 0.383 e. The highest BCUT2D eigenvalue weighted by Crippen LogP contribution is 2.22. The maximum atomic E-state index is 12.2. The molecular weight excluding hydrogens is 278 g/mol. The molecule has 0 bridgehead atoms. The summed E-state index contributed by atoms with van der Waals surface area (Å²) >= 11 is 0. The molecule has 6 nitrogen and oxygen atoms in total. The van der Waals surface area contributed by atoms with E-state index >= 15 is 0 Å². The second-order valence-electron chi connectivity index (χ2n) is 4.41. The summed E-state index contributed by atoms with van der Waals surface area (Å²) in [4.78, 5) is 11.6. The molecule has 0 fully saturated rings. The van der Waals surface area contributed by atoms with Gasteiger partial charge in [0.05, 0.1) is 5.69 Å². The van der Waals surface area contributed by atoms with Gasteiger partial charge >= 0.3 is 0 Å². The fourth-order valence-electron chi connectivity index (χ4n) is 1.63. The molecule has 1 amide bonds. The summed E-state index contributed by atoms with van der Waals surface area (Å²) < 4.78 is 25.5. The van der Waals surface area contributed by atoms with Gasteiger partial charge in [-0.05, 0) is 19.1 Å². The number of sulfonamides is 1. The van der Waals surface area contributed by atoms with Gasteiger partial charge in [-0.1, -0.05) is 12.1 Å². The Labute approximate surface area is 120 Å². The van der Waals surface area contributed by atoms with Crippen LogP contribution in [0.3, 0.4) is 0 Å². The van der Waals surface area contributed by atoms with Gasteiger partial charge in [-0.2, -0.15) is 0 Å². The molecule has 0 spiro atoms. The smallest absolute Gasteiger partial charge is 0.244 e. The van der Waals surface area contributed by atoms with Gasteiger partial charge in [0, 0.05) is 33.6 Å². The van der Waals surface area contributed by atoms with E-state index in [0.29, 0.717) is 25.2 Å². The predicted octanol–water partition coefficient (Wildman–Crippen LogP) is 0.875. The minimum atomic E-state index is -3.50. The van der Waals surface area contributed by atoms with Gasteiger partial charge in [0.1, 0.15) is 4.90 Å². The Bertz CT molecular complexity index is 556. The lowest BCUT2D eigenvalue weighted by Gasteiger charge is -2.16. The molecule has 0 heterocycles. The molecule has 20 heavy (non-hydrogen) atoms. The maximum absolute atomic E-state index is 12.2. The number of nitrogens with one attached hydrogen (secondary N) is 2. The fourth-order valence-corrected chi connectivity index (χ4v) is 2.69. The van der Waals surface area contributed by atoms with Gasteiger partial charge in [0.15, 0.2) is 0 Å². The minimum absolute atomic E-state index is 0.0621. The molecule has 112 valence electrons. The molecule has 1 rings (SSSR count). The first kappa shape index (κ1) is 16.5.